The van der Waals surface area contributed by atoms with Crippen molar-refractivity contribution in [2.45, 2.75) is 163 Å². The van der Waals surface area contributed by atoms with E-state index in [-0.39, 0.29) is 24.1 Å². The predicted molar refractivity (Wildman–Crippen MR) is 170 cm³/mol. The van der Waals surface area contributed by atoms with E-state index in [0.717, 1.165) is 19.3 Å². The SMILES string of the molecule is CCCCCCCCCCCCCCCCCCCCCCC[N+](CC(C)C(=O)[O-])(CC(C)C(=O)O)CC(C)C(=O)O. The summed E-state index contributed by atoms with van der Waals surface area (Å²) in [5, 5.41) is 30.6. The Bertz CT molecular complexity index is 642. The molecule has 0 aliphatic heterocycles. The largest absolute Gasteiger partial charge is 0.550 e. The molecule has 3 atom stereocenters. The number of carbonyl (C=O) groups excluding carboxylic acids is 1. The first-order valence-corrected chi connectivity index (χ1v) is 17.6. The van der Waals surface area contributed by atoms with Crippen LogP contribution in [0.4, 0.5) is 0 Å². The molecule has 0 radical (unpaired) electrons. The zero-order valence-electron chi connectivity index (χ0n) is 27.9. The van der Waals surface area contributed by atoms with Crippen LogP contribution >= 0.6 is 0 Å². The summed E-state index contributed by atoms with van der Waals surface area (Å²) in [4.78, 5) is 34.8. The van der Waals surface area contributed by atoms with Crippen LogP contribution in [0.25, 0.3) is 0 Å². The highest BCUT2D eigenvalue weighted by atomic mass is 16.4. The maximum Gasteiger partial charge on any atom is 0.311 e. The topological polar surface area (TPSA) is 115 Å². The van der Waals surface area contributed by atoms with Crippen molar-refractivity contribution in [1.29, 1.82) is 0 Å². The fourth-order valence-corrected chi connectivity index (χ4v) is 6.35. The van der Waals surface area contributed by atoms with Crippen LogP contribution < -0.4 is 5.11 Å². The molecule has 0 saturated carbocycles. The highest BCUT2D eigenvalue weighted by Gasteiger charge is 2.36. The molecular weight excluding hydrogens is 530 g/mol. The Labute approximate surface area is 258 Å². The van der Waals surface area contributed by atoms with E-state index in [1.54, 1.807) is 20.8 Å². The Morgan fingerprint density at radius 3 is 1.02 bits per heavy atom. The summed E-state index contributed by atoms with van der Waals surface area (Å²) in [5.41, 5.74) is 0. The maximum absolute atomic E-state index is 11.6. The summed E-state index contributed by atoms with van der Waals surface area (Å²) in [6.07, 6.45) is 27.4. The zero-order valence-corrected chi connectivity index (χ0v) is 27.9. The van der Waals surface area contributed by atoms with E-state index in [1.165, 1.54) is 116 Å². The van der Waals surface area contributed by atoms with E-state index in [9.17, 15) is 29.7 Å². The number of hydrogen-bond acceptors (Lipinski definition) is 4. The van der Waals surface area contributed by atoms with Gasteiger partial charge in [0.2, 0.25) is 0 Å². The number of nitrogens with zero attached hydrogens (tertiary/aromatic N) is 1. The van der Waals surface area contributed by atoms with Gasteiger partial charge in [0.1, 0.15) is 11.8 Å². The monoisotopic (exact) mass is 597 g/mol. The molecule has 7 nitrogen and oxygen atoms in total. The third kappa shape index (κ3) is 22.0. The van der Waals surface area contributed by atoms with Gasteiger partial charge in [-0.2, -0.15) is 0 Å². The molecule has 2 N–H and O–H groups in total. The average Bonchev–Trinajstić information content (AvgIpc) is 2.93. The molecule has 0 rings (SSSR count). The number of carbonyl (C=O) groups is 3. The third-order valence-corrected chi connectivity index (χ3v) is 8.96. The lowest BCUT2D eigenvalue weighted by Crippen LogP contribution is -2.58. The Kier molecular flexibility index (Phi) is 24.8. The standard InChI is InChI=1S/C35H67NO6/c1-5-6-7-8-9-10-11-12-13-14-15-16-17-18-19-20-21-22-23-24-25-26-36(27-30(2)33(37)38,28-31(3)34(39)40)29-32(4)35(41)42/h30-32H,5-29H2,1-4H3,(H2-,37,38,39,40,41,42). The molecular formula is C35H67NO6. The van der Waals surface area contributed by atoms with Crippen molar-refractivity contribution in [1.82, 2.24) is 0 Å². The van der Waals surface area contributed by atoms with Gasteiger partial charge >= 0.3 is 11.9 Å². The van der Waals surface area contributed by atoms with Gasteiger partial charge < -0.3 is 24.6 Å². The first kappa shape index (κ1) is 40.4. The number of carboxylic acids is 3. The van der Waals surface area contributed by atoms with E-state index in [1.807, 2.05) is 0 Å². The van der Waals surface area contributed by atoms with Crippen LogP contribution in [0.5, 0.6) is 0 Å². The minimum Gasteiger partial charge on any atom is -0.550 e. The van der Waals surface area contributed by atoms with E-state index < -0.39 is 35.7 Å². The lowest BCUT2D eigenvalue weighted by Gasteiger charge is -2.43. The van der Waals surface area contributed by atoms with Crippen molar-refractivity contribution in [2.24, 2.45) is 17.8 Å². The number of aliphatic carboxylic acids is 3. The van der Waals surface area contributed by atoms with Crippen LogP contribution in [0, 0.1) is 17.8 Å². The number of quaternary nitrogens is 1. The Morgan fingerprint density at radius 2 is 0.762 bits per heavy atom. The molecule has 7 heteroatoms. The Balaban J connectivity index is 4.14. The fraction of sp³-hybridized carbons (Fsp3) is 0.914. The molecule has 0 saturated heterocycles. The summed E-state index contributed by atoms with van der Waals surface area (Å²) >= 11 is 0. The van der Waals surface area contributed by atoms with Gasteiger partial charge in [-0.25, -0.2) is 0 Å². The Hall–Kier alpha value is -1.63. The molecule has 0 fully saturated rings. The van der Waals surface area contributed by atoms with Crippen molar-refractivity contribution in [3.05, 3.63) is 0 Å². The third-order valence-electron chi connectivity index (χ3n) is 8.96. The van der Waals surface area contributed by atoms with Crippen LogP contribution in [-0.2, 0) is 14.4 Å². The Morgan fingerprint density at radius 1 is 0.500 bits per heavy atom. The summed E-state index contributed by atoms with van der Waals surface area (Å²) in [6.45, 7) is 8.30. The molecule has 0 aromatic heterocycles. The second kappa shape index (κ2) is 25.8. The van der Waals surface area contributed by atoms with Gasteiger partial charge in [-0.1, -0.05) is 136 Å². The van der Waals surface area contributed by atoms with Gasteiger partial charge in [-0.05, 0) is 26.7 Å². The molecule has 0 heterocycles. The lowest BCUT2D eigenvalue weighted by molar-refractivity contribution is -0.934. The van der Waals surface area contributed by atoms with Gasteiger partial charge in [-0.3, -0.25) is 9.59 Å². The summed E-state index contributed by atoms with van der Waals surface area (Å²) in [6, 6.07) is 0. The van der Waals surface area contributed by atoms with E-state index >= 15 is 0 Å². The summed E-state index contributed by atoms with van der Waals surface area (Å²) < 4.78 is 0.190. The van der Waals surface area contributed by atoms with Gasteiger partial charge in [-0.15, -0.1) is 0 Å². The highest BCUT2D eigenvalue weighted by Crippen LogP contribution is 2.22. The molecule has 0 aliphatic carbocycles. The fourth-order valence-electron chi connectivity index (χ4n) is 6.35. The van der Waals surface area contributed by atoms with Crippen LogP contribution in [0.15, 0.2) is 0 Å². The second-order valence-electron chi connectivity index (χ2n) is 13.4. The van der Waals surface area contributed by atoms with Crippen molar-refractivity contribution >= 4 is 17.9 Å². The quantitative estimate of drug-likeness (QED) is 0.0621. The van der Waals surface area contributed by atoms with E-state index in [2.05, 4.69) is 6.92 Å². The van der Waals surface area contributed by atoms with Crippen molar-refractivity contribution in [3.63, 3.8) is 0 Å². The van der Waals surface area contributed by atoms with Crippen LogP contribution in [0.1, 0.15) is 163 Å². The van der Waals surface area contributed by atoms with Gasteiger partial charge in [0.25, 0.3) is 0 Å². The van der Waals surface area contributed by atoms with E-state index in [0.29, 0.717) is 6.54 Å². The number of unbranched alkanes of at least 4 members (excludes halogenated alkanes) is 20. The van der Waals surface area contributed by atoms with Crippen LogP contribution in [-0.4, -0.2) is 58.8 Å². The molecule has 0 spiro atoms. The van der Waals surface area contributed by atoms with Gasteiger partial charge in [0, 0.05) is 11.9 Å². The van der Waals surface area contributed by atoms with Crippen molar-refractivity contribution < 1.29 is 34.2 Å². The molecule has 0 aliphatic rings. The molecule has 0 aromatic carbocycles. The molecule has 3 unspecified atom stereocenters. The zero-order chi connectivity index (χ0) is 31.6. The first-order valence-electron chi connectivity index (χ1n) is 17.6. The molecule has 248 valence electrons. The highest BCUT2D eigenvalue weighted by molar-refractivity contribution is 5.70. The second-order valence-corrected chi connectivity index (χ2v) is 13.4. The van der Waals surface area contributed by atoms with Crippen molar-refractivity contribution in [3.8, 4) is 0 Å². The molecule has 42 heavy (non-hydrogen) atoms. The van der Waals surface area contributed by atoms with Gasteiger partial charge in [0.15, 0.2) is 0 Å². The smallest absolute Gasteiger partial charge is 0.311 e. The van der Waals surface area contributed by atoms with Gasteiger partial charge in [0.05, 0.1) is 26.2 Å². The number of hydrogen-bond donors (Lipinski definition) is 2. The summed E-state index contributed by atoms with van der Waals surface area (Å²) in [5.74, 6) is -5.21. The van der Waals surface area contributed by atoms with E-state index in [4.69, 9.17) is 0 Å². The normalized spacial score (nSPS) is 15.1. The average molecular weight is 598 g/mol. The van der Waals surface area contributed by atoms with Crippen LogP contribution in [0.3, 0.4) is 0 Å². The minimum atomic E-state index is -1.18. The molecule has 0 amide bonds. The summed E-state index contributed by atoms with van der Waals surface area (Å²) in [7, 11) is 0. The first-order chi connectivity index (χ1) is 20.0. The number of rotatable bonds is 31. The predicted octanol–water partition coefficient (Wildman–Crippen LogP) is 7.84. The number of carboxylic acid groups (broad SMARTS) is 3. The molecule has 0 bridgehead atoms. The van der Waals surface area contributed by atoms with Crippen molar-refractivity contribution in [2.75, 3.05) is 26.2 Å². The lowest BCUT2D eigenvalue weighted by atomic mass is 10.00. The maximum atomic E-state index is 11.6. The molecule has 0 aromatic rings. The minimum absolute atomic E-state index is 0.190. The van der Waals surface area contributed by atoms with Crippen LogP contribution in [0.2, 0.25) is 0 Å².